The molecule has 2 nitrogen and oxygen atoms in total. The molecule has 2 aromatic carbocycles. The zero-order valence-electron chi connectivity index (χ0n) is 7.33. The molecule has 0 aliphatic heterocycles. The summed E-state index contributed by atoms with van der Waals surface area (Å²) in [5.74, 6) is 0. The monoisotopic (exact) mass is 172 g/mol. The number of anilines is 1. The summed E-state index contributed by atoms with van der Waals surface area (Å²) in [5, 5.41) is 2.25. The van der Waals surface area contributed by atoms with Gasteiger partial charge in [0.2, 0.25) is 0 Å². The second-order valence-corrected chi connectivity index (χ2v) is 3.06. The first kappa shape index (κ1) is 8.08. The van der Waals surface area contributed by atoms with Crippen LogP contribution in [0, 0.1) is 0 Å². The molecule has 0 atom stereocenters. The minimum atomic E-state index is 0.556. The molecule has 0 heterocycles. The fourth-order valence-electron chi connectivity index (χ4n) is 1.58. The molecule has 0 aliphatic rings. The number of fused-ring (bicyclic) bond motifs is 1. The van der Waals surface area contributed by atoms with Crippen LogP contribution >= 0.6 is 0 Å². The topological polar surface area (TPSA) is 52.0 Å². The van der Waals surface area contributed by atoms with Crippen molar-refractivity contribution in [2.24, 2.45) is 5.73 Å². The summed E-state index contributed by atoms with van der Waals surface area (Å²) < 4.78 is 0. The molecule has 0 radical (unpaired) electrons. The average molecular weight is 172 g/mol. The summed E-state index contributed by atoms with van der Waals surface area (Å²) in [6.07, 6.45) is 0. The highest BCUT2D eigenvalue weighted by atomic mass is 14.6. The van der Waals surface area contributed by atoms with E-state index >= 15 is 0 Å². The Balaban J connectivity index is 2.84. The Morgan fingerprint density at radius 2 is 1.62 bits per heavy atom. The summed E-state index contributed by atoms with van der Waals surface area (Å²) in [5.41, 5.74) is 13.4. The molecule has 0 saturated heterocycles. The van der Waals surface area contributed by atoms with Gasteiger partial charge in [0.25, 0.3) is 0 Å². The first-order valence-corrected chi connectivity index (χ1v) is 4.29. The molecule has 0 aliphatic carbocycles. The molecule has 0 spiro atoms. The van der Waals surface area contributed by atoms with E-state index in [0.29, 0.717) is 6.54 Å². The Hall–Kier alpha value is -1.54. The molecule has 0 aromatic heterocycles. The zero-order chi connectivity index (χ0) is 9.26. The SMILES string of the molecule is NCc1cccc2c(N)cccc12. The van der Waals surface area contributed by atoms with Gasteiger partial charge in [0.1, 0.15) is 0 Å². The van der Waals surface area contributed by atoms with Crippen molar-refractivity contribution in [3.8, 4) is 0 Å². The quantitative estimate of drug-likeness (QED) is 0.645. The lowest BCUT2D eigenvalue weighted by molar-refractivity contribution is 1.09. The smallest absolute Gasteiger partial charge is 0.0393 e. The van der Waals surface area contributed by atoms with Gasteiger partial charge < -0.3 is 11.5 Å². The molecule has 2 rings (SSSR count). The number of rotatable bonds is 1. The Bertz CT molecular complexity index is 435. The highest BCUT2D eigenvalue weighted by Crippen LogP contribution is 2.23. The highest BCUT2D eigenvalue weighted by Gasteiger charge is 2.00. The molecule has 0 saturated carbocycles. The molecule has 13 heavy (non-hydrogen) atoms. The minimum absolute atomic E-state index is 0.556. The van der Waals surface area contributed by atoms with Gasteiger partial charge in [-0.2, -0.15) is 0 Å². The van der Waals surface area contributed by atoms with E-state index in [1.54, 1.807) is 0 Å². The Labute approximate surface area is 77.2 Å². The van der Waals surface area contributed by atoms with Gasteiger partial charge in [0, 0.05) is 17.6 Å². The third kappa shape index (κ3) is 1.25. The van der Waals surface area contributed by atoms with E-state index in [1.807, 2.05) is 36.4 Å². The number of benzene rings is 2. The van der Waals surface area contributed by atoms with E-state index in [4.69, 9.17) is 11.5 Å². The lowest BCUT2D eigenvalue weighted by Crippen LogP contribution is -1.97. The molecular formula is C11H12N2. The molecular weight excluding hydrogens is 160 g/mol. The van der Waals surface area contributed by atoms with E-state index in [2.05, 4.69) is 0 Å². The summed E-state index contributed by atoms with van der Waals surface area (Å²) in [6.45, 7) is 0.556. The van der Waals surface area contributed by atoms with Crippen molar-refractivity contribution >= 4 is 16.5 Å². The second-order valence-electron chi connectivity index (χ2n) is 3.06. The maximum absolute atomic E-state index is 5.84. The molecule has 66 valence electrons. The van der Waals surface area contributed by atoms with Crippen LogP contribution < -0.4 is 11.5 Å². The Kier molecular flexibility index (Phi) is 1.91. The van der Waals surface area contributed by atoms with Crippen LogP contribution in [0.15, 0.2) is 36.4 Å². The Morgan fingerprint density at radius 3 is 2.38 bits per heavy atom. The van der Waals surface area contributed by atoms with Crippen molar-refractivity contribution in [1.82, 2.24) is 0 Å². The second kappa shape index (κ2) is 3.07. The van der Waals surface area contributed by atoms with Crippen LogP contribution in [0.5, 0.6) is 0 Å². The van der Waals surface area contributed by atoms with Crippen molar-refractivity contribution < 1.29 is 0 Å². The molecule has 0 unspecified atom stereocenters. The number of nitrogens with two attached hydrogens (primary N) is 2. The lowest BCUT2D eigenvalue weighted by Gasteiger charge is -2.05. The van der Waals surface area contributed by atoms with Crippen LogP contribution in [-0.2, 0) is 6.54 Å². The van der Waals surface area contributed by atoms with Gasteiger partial charge in [-0.3, -0.25) is 0 Å². The van der Waals surface area contributed by atoms with Crippen LogP contribution in [0.4, 0.5) is 5.69 Å². The first-order chi connectivity index (χ1) is 6.33. The number of hydrogen-bond donors (Lipinski definition) is 2. The zero-order valence-corrected chi connectivity index (χ0v) is 7.33. The lowest BCUT2D eigenvalue weighted by atomic mass is 10.0. The molecule has 2 heteroatoms. The predicted octanol–water partition coefficient (Wildman–Crippen LogP) is 1.88. The van der Waals surface area contributed by atoms with Gasteiger partial charge in [0.05, 0.1) is 0 Å². The standard InChI is InChI=1S/C11H12N2/c12-7-8-3-1-5-10-9(8)4-2-6-11(10)13/h1-6H,7,12-13H2. The molecule has 0 amide bonds. The van der Waals surface area contributed by atoms with Gasteiger partial charge in [-0.05, 0) is 17.0 Å². The van der Waals surface area contributed by atoms with E-state index < -0.39 is 0 Å². The average Bonchev–Trinajstić information content (AvgIpc) is 2.18. The van der Waals surface area contributed by atoms with E-state index in [0.717, 1.165) is 22.0 Å². The van der Waals surface area contributed by atoms with Gasteiger partial charge >= 0.3 is 0 Å². The van der Waals surface area contributed by atoms with E-state index in [-0.39, 0.29) is 0 Å². The normalized spacial score (nSPS) is 10.5. The largest absolute Gasteiger partial charge is 0.398 e. The van der Waals surface area contributed by atoms with Crippen molar-refractivity contribution in [3.63, 3.8) is 0 Å². The van der Waals surface area contributed by atoms with E-state index in [9.17, 15) is 0 Å². The van der Waals surface area contributed by atoms with Crippen LogP contribution in [0.3, 0.4) is 0 Å². The van der Waals surface area contributed by atoms with Crippen LogP contribution in [0.1, 0.15) is 5.56 Å². The maximum Gasteiger partial charge on any atom is 0.0393 e. The van der Waals surface area contributed by atoms with Crippen LogP contribution in [-0.4, -0.2) is 0 Å². The molecule has 4 N–H and O–H groups in total. The third-order valence-corrected chi connectivity index (χ3v) is 2.27. The van der Waals surface area contributed by atoms with Gasteiger partial charge in [-0.1, -0.05) is 30.3 Å². The highest BCUT2D eigenvalue weighted by molar-refractivity contribution is 5.94. The fraction of sp³-hybridized carbons (Fsp3) is 0.0909. The Morgan fingerprint density at radius 1 is 0.923 bits per heavy atom. The fourth-order valence-corrected chi connectivity index (χ4v) is 1.58. The molecule has 0 bridgehead atoms. The summed E-state index contributed by atoms with van der Waals surface area (Å²) in [6, 6.07) is 11.9. The van der Waals surface area contributed by atoms with Crippen molar-refractivity contribution in [2.75, 3.05) is 5.73 Å². The number of hydrogen-bond acceptors (Lipinski definition) is 2. The van der Waals surface area contributed by atoms with Crippen molar-refractivity contribution in [2.45, 2.75) is 6.54 Å². The first-order valence-electron chi connectivity index (χ1n) is 4.29. The van der Waals surface area contributed by atoms with Crippen molar-refractivity contribution in [3.05, 3.63) is 42.0 Å². The summed E-state index contributed by atoms with van der Waals surface area (Å²) in [7, 11) is 0. The summed E-state index contributed by atoms with van der Waals surface area (Å²) >= 11 is 0. The maximum atomic E-state index is 5.84. The van der Waals surface area contributed by atoms with Gasteiger partial charge in [0.15, 0.2) is 0 Å². The predicted molar refractivity (Wildman–Crippen MR) is 56.3 cm³/mol. The third-order valence-electron chi connectivity index (χ3n) is 2.27. The number of nitrogen functional groups attached to an aromatic ring is 1. The van der Waals surface area contributed by atoms with E-state index in [1.165, 1.54) is 0 Å². The van der Waals surface area contributed by atoms with Gasteiger partial charge in [-0.25, -0.2) is 0 Å². The van der Waals surface area contributed by atoms with Crippen molar-refractivity contribution in [1.29, 1.82) is 0 Å². The molecule has 0 fully saturated rings. The minimum Gasteiger partial charge on any atom is -0.398 e. The van der Waals surface area contributed by atoms with Crippen LogP contribution in [0.2, 0.25) is 0 Å². The molecule has 2 aromatic rings. The summed E-state index contributed by atoms with van der Waals surface area (Å²) in [4.78, 5) is 0. The van der Waals surface area contributed by atoms with Crippen LogP contribution in [0.25, 0.3) is 10.8 Å². The van der Waals surface area contributed by atoms with Gasteiger partial charge in [-0.15, -0.1) is 0 Å².